The number of aliphatic imine (C=N–C) groups is 1. The Bertz CT molecular complexity index is 445. The van der Waals surface area contributed by atoms with Gasteiger partial charge < -0.3 is 10.6 Å². The quantitative estimate of drug-likeness (QED) is 0.625. The van der Waals surface area contributed by atoms with Crippen molar-refractivity contribution in [1.82, 2.24) is 4.90 Å². The van der Waals surface area contributed by atoms with E-state index in [0.717, 1.165) is 24.7 Å². The highest BCUT2D eigenvalue weighted by atomic mass is 15.2. The summed E-state index contributed by atoms with van der Waals surface area (Å²) in [5.74, 6) is 1.43. The second-order valence-corrected chi connectivity index (χ2v) is 6.79. The molecule has 0 spiro atoms. The maximum atomic E-state index is 6.18. The normalized spacial score (nSPS) is 21.6. The van der Waals surface area contributed by atoms with Gasteiger partial charge in [0.05, 0.1) is 5.69 Å². The molecule has 0 amide bonds. The van der Waals surface area contributed by atoms with Crippen LogP contribution in [-0.4, -0.2) is 23.9 Å². The molecule has 0 saturated carbocycles. The number of nitrogens with zero attached hydrogens (tertiary/aromatic N) is 2. The molecule has 1 aliphatic rings. The number of likely N-dealkylation sites (tertiary alicyclic amines) is 1. The number of para-hydroxylation sites is 1. The summed E-state index contributed by atoms with van der Waals surface area (Å²) in [6.45, 7) is 9.07. The Morgan fingerprint density at radius 2 is 1.85 bits per heavy atom. The highest BCUT2D eigenvalue weighted by molar-refractivity contribution is 5.81. The van der Waals surface area contributed by atoms with E-state index in [-0.39, 0.29) is 0 Å². The Morgan fingerprint density at radius 1 is 1.15 bits per heavy atom. The summed E-state index contributed by atoms with van der Waals surface area (Å²) >= 11 is 0. The Balaban J connectivity index is 2.02. The molecular weight excluding hydrogens is 246 g/mol. The van der Waals surface area contributed by atoms with Gasteiger partial charge in [0.15, 0.2) is 5.96 Å². The molecule has 110 valence electrons. The van der Waals surface area contributed by atoms with Crippen molar-refractivity contribution in [2.24, 2.45) is 22.1 Å². The zero-order valence-electron chi connectivity index (χ0n) is 13.0. The maximum absolute atomic E-state index is 6.18. The molecule has 0 radical (unpaired) electrons. The molecule has 0 aliphatic carbocycles. The summed E-state index contributed by atoms with van der Waals surface area (Å²) in [7, 11) is 0. The lowest BCUT2D eigenvalue weighted by Crippen LogP contribution is -2.38. The van der Waals surface area contributed by atoms with E-state index in [4.69, 9.17) is 5.73 Å². The zero-order chi connectivity index (χ0) is 14.6. The van der Waals surface area contributed by atoms with Crippen LogP contribution in [0.3, 0.4) is 0 Å². The summed E-state index contributed by atoms with van der Waals surface area (Å²) in [6, 6.07) is 9.95. The van der Waals surface area contributed by atoms with Gasteiger partial charge in [-0.05, 0) is 42.7 Å². The molecule has 1 aromatic rings. The summed E-state index contributed by atoms with van der Waals surface area (Å²) in [5, 5.41) is 0. The van der Waals surface area contributed by atoms with Crippen LogP contribution in [0.25, 0.3) is 0 Å². The van der Waals surface area contributed by atoms with Crippen molar-refractivity contribution in [1.29, 1.82) is 0 Å². The van der Waals surface area contributed by atoms with E-state index in [1.807, 2.05) is 30.3 Å². The van der Waals surface area contributed by atoms with Crippen molar-refractivity contribution < 1.29 is 0 Å². The first-order valence-corrected chi connectivity index (χ1v) is 7.61. The average molecular weight is 273 g/mol. The molecule has 3 heteroatoms. The summed E-state index contributed by atoms with van der Waals surface area (Å²) in [6.07, 6.45) is 3.69. The minimum atomic E-state index is 0.390. The van der Waals surface area contributed by atoms with E-state index in [1.54, 1.807) is 0 Å². The highest BCUT2D eigenvalue weighted by Gasteiger charge is 2.27. The van der Waals surface area contributed by atoms with Crippen LogP contribution in [-0.2, 0) is 0 Å². The fourth-order valence-electron chi connectivity index (χ4n) is 2.90. The molecule has 1 aliphatic heterocycles. The fourth-order valence-corrected chi connectivity index (χ4v) is 2.90. The first-order chi connectivity index (χ1) is 9.47. The van der Waals surface area contributed by atoms with Crippen LogP contribution in [0.4, 0.5) is 5.69 Å². The van der Waals surface area contributed by atoms with Crippen LogP contribution < -0.4 is 5.73 Å². The Labute approximate surface area is 122 Å². The van der Waals surface area contributed by atoms with E-state index in [0.29, 0.717) is 11.4 Å². The number of hydrogen-bond acceptors (Lipinski definition) is 1. The molecule has 1 atom stereocenters. The van der Waals surface area contributed by atoms with Gasteiger partial charge in [-0.3, -0.25) is 0 Å². The van der Waals surface area contributed by atoms with E-state index in [9.17, 15) is 0 Å². The van der Waals surface area contributed by atoms with Crippen LogP contribution in [0.2, 0.25) is 0 Å². The topological polar surface area (TPSA) is 41.6 Å². The van der Waals surface area contributed by atoms with E-state index in [1.165, 1.54) is 19.3 Å². The first-order valence-electron chi connectivity index (χ1n) is 7.61. The number of hydrogen-bond donors (Lipinski definition) is 1. The van der Waals surface area contributed by atoms with Crippen LogP contribution in [0, 0.1) is 11.3 Å². The van der Waals surface area contributed by atoms with Crippen molar-refractivity contribution in [3.8, 4) is 0 Å². The van der Waals surface area contributed by atoms with Gasteiger partial charge in [-0.15, -0.1) is 0 Å². The van der Waals surface area contributed by atoms with Crippen LogP contribution in [0.5, 0.6) is 0 Å². The van der Waals surface area contributed by atoms with Gasteiger partial charge in [0.2, 0.25) is 0 Å². The van der Waals surface area contributed by atoms with Crippen molar-refractivity contribution in [3.63, 3.8) is 0 Å². The minimum absolute atomic E-state index is 0.390. The highest BCUT2D eigenvalue weighted by Crippen LogP contribution is 2.34. The van der Waals surface area contributed by atoms with Gasteiger partial charge in [-0.25, -0.2) is 4.99 Å². The average Bonchev–Trinajstić information content (AvgIpc) is 2.65. The van der Waals surface area contributed by atoms with Crippen LogP contribution >= 0.6 is 0 Å². The molecule has 0 aromatic heterocycles. The molecule has 2 N–H and O–H groups in total. The van der Waals surface area contributed by atoms with Gasteiger partial charge in [-0.2, -0.15) is 0 Å². The third-order valence-corrected chi connectivity index (χ3v) is 4.28. The summed E-state index contributed by atoms with van der Waals surface area (Å²) in [5.41, 5.74) is 7.50. The molecule has 1 aromatic carbocycles. The van der Waals surface area contributed by atoms with E-state index in [2.05, 4.69) is 30.7 Å². The fraction of sp³-hybridized carbons (Fsp3) is 0.588. The number of benzene rings is 1. The predicted molar refractivity (Wildman–Crippen MR) is 86.1 cm³/mol. The molecule has 20 heavy (non-hydrogen) atoms. The van der Waals surface area contributed by atoms with Crippen LogP contribution in [0.15, 0.2) is 35.3 Å². The third kappa shape index (κ3) is 3.99. The van der Waals surface area contributed by atoms with Gasteiger partial charge in [0.25, 0.3) is 0 Å². The molecular formula is C17H27N3. The largest absolute Gasteiger partial charge is 0.369 e. The van der Waals surface area contributed by atoms with Crippen molar-refractivity contribution >= 4 is 11.6 Å². The number of nitrogens with two attached hydrogens (primary N) is 1. The predicted octanol–water partition coefficient (Wildman–Crippen LogP) is 3.78. The van der Waals surface area contributed by atoms with Gasteiger partial charge in [0, 0.05) is 13.1 Å². The second kappa shape index (κ2) is 6.29. The zero-order valence-corrected chi connectivity index (χ0v) is 13.0. The lowest BCUT2D eigenvalue weighted by atomic mass is 9.77. The number of guanidine groups is 1. The minimum Gasteiger partial charge on any atom is -0.369 e. The van der Waals surface area contributed by atoms with E-state index >= 15 is 0 Å². The molecule has 1 unspecified atom stereocenters. The SMILES string of the molecule is CC(C)(C)C1CCCN(C(N)=Nc2ccccc2)CC1. The third-order valence-electron chi connectivity index (χ3n) is 4.28. The summed E-state index contributed by atoms with van der Waals surface area (Å²) in [4.78, 5) is 6.77. The summed E-state index contributed by atoms with van der Waals surface area (Å²) < 4.78 is 0. The maximum Gasteiger partial charge on any atom is 0.196 e. The van der Waals surface area contributed by atoms with Gasteiger partial charge in [0.1, 0.15) is 0 Å². The van der Waals surface area contributed by atoms with Crippen molar-refractivity contribution in [2.75, 3.05) is 13.1 Å². The first kappa shape index (κ1) is 14.9. The molecule has 1 saturated heterocycles. The molecule has 1 fully saturated rings. The standard InChI is InChI=1S/C17H27N3/c1-17(2,3)14-8-7-12-20(13-11-14)16(18)19-15-9-5-4-6-10-15/h4-6,9-10,14H,7-8,11-13H2,1-3H3,(H2,18,19). The monoisotopic (exact) mass is 273 g/mol. The lowest BCUT2D eigenvalue weighted by molar-refractivity contribution is 0.216. The lowest BCUT2D eigenvalue weighted by Gasteiger charge is -2.29. The van der Waals surface area contributed by atoms with Gasteiger partial charge in [-0.1, -0.05) is 39.0 Å². The Morgan fingerprint density at radius 3 is 2.50 bits per heavy atom. The molecule has 0 bridgehead atoms. The molecule has 3 nitrogen and oxygen atoms in total. The van der Waals surface area contributed by atoms with Crippen molar-refractivity contribution in [2.45, 2.75) is 40.0 Å². The second-order valence-electron chi connectivity index (χ2n) is 6.79. The number of rotatable bonds is 1. The Kier molecular flexibility index (Phi) is 4.69. The van der Waals surface area contributed by atoms with Crippen LogP contribution in [0.1, 0.15) is 40.0 Å². The van der Waals surface area contributed by atoms with Gasteiger partial charge >= 0.3 is 0 Å². The van der Waals surface area contributed by atoms with Crippen molar-refractivity contribution in [3.05, 3.63) is 30.3 Å². The Hall–Kier alpha value is -1.51. The van der Waals surface area contributed by atoms with E-state index < -0.39 is 0 Å². The molecule has 1 heterocycles. The smallest absolute Gasteiger partial charge is 0.196 e. The molecule has 2 rings (SSSR count).